The standard InChI is InChI=1S/C27H28N6O2/c1-17-13-18(2)33(31-17)21-9-4-8-20(14-21)26(34)32-12-6-11-24(32)25-23(16-29-27(28)30-25)19-7-5-10-22(15-19)35-3/h4-5,7-10,13-16,24H,6,11-12H2,1-3H3,(H2,28,29,30). The molecule has 1 atom stereocenters. The third kappa shape index (κ3) is 4.35. The summed E-state index contributed by atoms with van der Waals surface area (Å²) in [6.07, 6.45) is 3.42. The molecule has 2 aromatic carbocycles. The number of nitrogens with two attached hydrogens (primary N) is 1. The number of likely N-dealkylation sites (tertiary alicyclic amines) is 1. The number of nitrogens with zero attached hydrogens (tertiary/aromatic N) is 5. The number of carbonyl (C=O) groups is 1. The van der Waals surface area contributed by atoms with Crippen LogP contribution in [0.5, 0.6) is 5.75 Å². The highest BCUT2D eigenvalue weighted by Gasteiger charge is 2.34. The van der Waals surface area contributed by atoms with Crippen LogP contribution in [-0.2, 0) is 0 Å². The molecule has 0 radical (unpaired) electrons. The molecule has 1 aliphatic heterocycles. The molecule has 1 amide bonds. The minimum absolute atomic E-state index is 0.0374. The van der Waals surface area contributed by atoms with Crippen molar-refractivity contribution in [3.63, 3.8) is 0 Å². The molecule has 0 aliphatic carbocycles. The SMILES string of the molecule is COc1cccc(-c2cnc(N)nc2C2CCCN2C(=O)c2cccc(-n3nc(C)cc3C)c2)c1. The van der Waals surface area contributed by atoms with Crippen LogP contribution < -0.4 is 10.5 Å². The summed E-state index contributed by atoms with van der Waals surface area (Å²) in [5, 5.41) is 4.56. The fourth-order valence-corrected chi connectivity index (χ4v) is 4.80. The number of ether oxygens (including phenoxy) is 1. The van der Waals surface area contributed by atoms with E-state index in [2.05, 4.69) is 15.1 Å². The van der Waals surface area contributed by atoms with Crippen LogP contribution in [0.4, 0.5) is 5.95 Å². The summed E-state index contributed by atoms with van der Waals surface area (Å²) in [6.45, 7) is 4.61. The van der Waals surface area contributed by atoms with Gasteiger partial charge in [0.2, 0.25) is 5.95 Å². The van der Waals surface area contributed by atoms with Crippen molar-refractivity contribution in [2.24, 2.45) is 0 Å². The van der Waals surface area contributed by atoms with E-state index in [1.54, 1.807) is 13.3 Å². The number of methoxy groups -OCH3 is 1. The molecule has 3 heterocycles. The second-order valence-corrected chi connectivity index (χ2v) is 8.80. The first-order valence-corrected chi connectivity index (χ1v) is 11.7. The minimum Gasteiger partial charge on any atom is -0.497 e. The Labute approximate surface area is 204 Å². The van der Waals surface area contributed by atoms with E-state index in [4.69, 9.17) is 10.5 Å². The molecule has 1 aliphatic rings. The number of aryl methyl sites for hydroxylation is 2. The van der Waals surface area contributed by atoms with E-state index in [-0.39, 0.29) is 17.9 Å². The van der Waals surface area contributed by atoms with Crippen molar-refractivity contribution in [3.05, 3.63) is 83.4 Å². The summed E-state index contributed by atoms with van der Waals surface area (Å²) < 4.78 is 7.26. The zero-order valence-electron chi connectivity index (χ0n) is 20.1. The number of anilines is 1. The molecule has 1 fully saturated rings. The third-order valence-corrected chi connectivity index (χ3v) is 6.39. The Hall–Kier alpha value is -4.20. The average molecular weight is 469 g/mol. The van der Waals surface area contributed by atoms with Crippen molar-refractivity contribution in [3.8, 4) is 22.6 Å². The summed E-state index contributed by atoms with van der Waals surface area (Å²) in [7, 11) is 1.64. The van der Waals surface area contributed by atoms with Gasteiger partial charge in [0.25, 0.3) is 5.91 Å². The molecule has 1 saturated heterocycles. The van der Waals surface area contributed by atoms with E-state index in [0.717, 1.165) is 52.5 Å². The van der Waals surface area contributed by atoms with Gasteiger partial charge >= 0.3 is 0 Å². The van der Waals surface area contributed by atoms with E-state index >= 15 is 0 Å². The van der Waals surface area contributed by atoms with Gasteiger partial charge in [-0.25, -0.2) is 14.6 Å². The summed E-state index contributed by atoms with van der Waals surface area (Å²) in [6, 6.07) is 17.2. The lowest BCUT2D eigenvalue weighted by Gasteiger charge is -2.26. The zero-order chi connectivity index (χ0) is 24.5. The summed E-state index contributed by atoms with van der Waals surface area (Å²) in [5.41, 5.74) is 12.0. The Kier molecular flexibility index (Phi) is 5.94. The molecule has 4 aromatic rings. The van der Waals surface area contributed by atoms with Crippen molar-refractivity contribution in [1.82, 2.24) is 24.6 Å². The average Bonchev–Trinajstić information content (AvgIpc) is 3.49. The molecule has 35 heavy (non-hydrogen) atoms. The number of benzene rings is 2. The summed E-state index contributed by atoms with van der Waals surface area (Å²) in [4.78, 5) is 24.5. The normalized spacial score (nSPS) is 15.4. The van der Waals surface area contributed by atoms with Crippen LogP contribution >= 0.6 is 0 Å². The fourth-order valence-electron chi connectivity index (χ4n) is 4.80. The molecule has 2 aromatic heterocycles. The molecule has 2 N–H and O–H groups in total. The number of carbonyl (C=O) groups excluding carboxylic acids is 1. The molecule has 0 saturated carbocycles. The molecule has 8 heteroatoms. The lowest BCUT2D eigenvalue weighted by molar-refractivity contribution is 0.0733. The van der Waals surface area contributed by atoms with Crippen LogP contribution in [0.3, 0.4) is 0 Å². The van der Waals surface area contributed by atoms with Crippen molar-refractivity contribution in [2.75, 3.05) is 19.4 Å². The maximum Gasteiger partial charge on any atom is 0.254 e. The molecule has 0 spiro atoms. The van der Waals surface area contributed by atoms with Gasteiger partial charge in [-0.15, -0.1) is 0 Å². The van der Waals surface area contributed by atoms with Gasteiger partial charge in [0.15, 0.2) is 0 Å². The van der Waals surface area contributed by atoms with Gasteiger partial charge in [0.05, 0.1) is 30.2 Å². The topological polar surface area (TPSA) is 99.2 Å². The molecular formula is C27H28N6O2. The van der Waals surface area contributed by atoms with Crippen LogP contribution in [0.1, 0.15) is 46.3 Å². The van der Waals surface area contributed by atoms with Gasteiger partial charge in [-0.3, -0.25) is 4.79 Å². The van der Waals surface area contributed by atoms with Crippen LogP contribution in [0, 0.1) is 13.8 Å². The van der Waals surface area contributed by atoms with Gasteiger partial charge in [-0.05, 0) is 68.7 Å². The maximum atomic E-state index is 13.7. The number of amides is 1. The quantitative estimate of drug-likeness (QED) is 0.463. The zero-order valence-corrected chi connectivity index (χ0v) is 20.1. The number of nitrogen functional groups attached to an aromatic ring is 1. The molecule has 1 unspecified atom stereocenters. The van der Waals surface area contributed by atoms with Gasteiger partial charge in [-0.2, -0.15) is 5.10 Å². The van der Waals surface area contributed by atoms with Crippen LogP contribution in [0.2, 0.25) is 0 Å². The van der Waals surface area contributed by atoms with Crippen molar-refractivity contribution >= 4 is 11.9 Å². The predicted molar refractivity (Wildman–Crippen MR) is 134 cm³/mol. The Morgan fingerprint density at radius 2 is 1.94 bits per heavy atom. The Bertz CT molecular complexity index is 1400. The second kappa shape index (κ2) is 9.21. The van der Waals surface area contributed by atoms with Crippen LogP contribution in [-0.4, -0.2) is 44.2 Å². The van der Waals surface area contributed by atoms with E-state index in [9.17, 15) is 4.79 Å². The Morgan fingerprint density at radius 3 is 2.71 bits per heavy atom. The molecule has 178 valence electrons. The highest BCUT2D eigenvalue weighted by atomic mass is 16.5. The number of rotatable bonds is 5. The highest BCUT2D eigenvalue weighted by molar-refractivity contribution is 5.95. The van der Waals surface area contributed by atoms with E-state index in [0.29, 0.717) is 12.1 Å². The van der Waals surface area contributed by atoms with Crippen molar-refractivity contribution < 1.29 is 9.53 Å². The monoisotopic (exact) mass is 468 g/mol. The first-order chi connectivity index (χ1) is 16.9. The van der Waals surface area contributed by atoms with Gasteiger partial charge in [0.1, 0.15) is 5.75 Å². The lowest BCUT2D eigenvalue weighted by atomic mass is 9.99. The van der Waals surface area contributed by atoms with E-state index < -0.39 is 0 Å². The highest BCUT2D eigenvalue weighted by Crippen LogP contribution is 2.38. The number of aromatic nitrogens is 4. The first kappa shape index (κ1) is 22.6. The van der Waals surface area contributed by atoms with Gasteiger partial charge in [0, 0.05) is 29.6 Å². The van der Waals surface area contributed by atoms with Gasteiger partial charge < -0.3 is 15.4 Å². The minimum atomic E-state index is -0.202. The third-order valence-electron chi connectivity index (χ3n) is 6.39. The predicted octanol–water partition coefficient (Wildman–Crippen LogP) is 4.51. The molecular weight excluding hydrogens is 440 g/mol. The van der Waals surface area contributed by atoms with E-state index in [1.165, 1.54) is 0 Å². The smallest absolute Gasteiger partial charge is 0.254 e. The van der Waals surface area contributed by atoms with Crippen molar-refractivity contribution in [1.29, 1.82) is 0 Å². The number of hydrogen-bond acceptors (Lipinski definition) is 6. The van der Waals surface area contributed by atoms with Crippen molar-refractivity contribution in [2.45, 2.75) is 32.7 Å². The molecule has 5 rings (SSSR count). The summed E-state index contributed by atoms with van der Waals surface area (Å²) >= 11 is 0. The Balaban J connectivity index is 1.51. The Morgan fingerprint density at radius 1 is 1.11 bits per heavy atom. The lowest BCUT2D eigenvalue weighted by Crippen LogP contribution is -2.31. The molecule has 0 bridgehead atoms. The summed E-state index contributed by atoms with van der Waals surface area (Å²) in [5.74, 6) is 0.896. The van der Waals surface area contributed by atoms with Gasteiger partial charge in [-0.1, -0.05) is 18.2 Å². The van der Waals surface area contributed by atoms with Crippen LogP contribution in [0.25, 0.3) is 16.8 Å². The maximum absolute atomic E-state index is 13.7. The van der Waals surface area contributed by atoms with Crippen LogP contribution in [0.15, 0.2) is 60.8 Å². The largest absolute Gasteiger partial charge is 0.497 e. The van der Waals surface area contributed by atoms with E-state index in [1.807, 2.05) is 78.0 Å². The first-order valence-electron chi connectivity index (χ1n) is 11.7. The second-order valence-electron chi connectivity index (χ2n) is 8.80. The fraction of sp³-hybridized carbons (Fsp3) is 0.259. The number of hydrogen-bond donors (Lipinski definition) is 1. The molecule has 8 nitrogen and oxygen atoms in total.